The molecule has 0 spiro atoms. The van der Waals surface area contributed by atoms with Crippen LogP contribution in [0, 0.1) is 0 Å². The van der Waals surface area contributed by atoms with E-state index >= 15 is 0 Å². The number of Topliss-reactive ketones (excluding diaryl/α,β-unsaturated/α-hetero) is 1. The summed E-state index contributed by atoms with van der Waals surface area (Å²) in [6.45, 7) is 0.0310. The van der Waals surface area contributed by atoms with E-state index in [2.05, 4.69) is 0 Å². The van der Waals surface area contributed by atoms with E-state index in [4.69, 9.17) is 9.47 Å². The lowest BCUT2D eigenvalue weighted by atomic mass is 9.95. The summed E-state index contributed by atoms with van der Waals surface area (Å²) in [7, 11) is 2.82. The van der Waals surface area contributed by atoms with E-state index in [1.807, 2.05) is 6.07 Å². The van der Waals surface area contributed by atoms with Crippen molar-refractivity contribution in [1.82, 2.24) is 4.90 Å². The van der Waals surface area contributed by atoms with Gasteiger partial charge in [0.1, 0.15) is 11.5 Å². The van der Waals surface area contributed by atoms with Crippen molar-refractivity contribution in [3.63, 3.8) is 0 Å². The number of ether oxygens (including phenoxy) is 2. The van der Waals surface area contributed by atoms with Gasteiger partial charge in [-0.2, -0.15) is 0 Å². The summed E-state index contributed by atoms with van der Waals surface area (Å²) in [6.07, 6.45) is 0. The van der Waals surface area contributed by atoms with Crippen LogP contribution >= 0.6 is 0 Å². The highest BCUT2D eigenvalue weighted by Gasteiger charge is 2.40. The van der Waals surface area contributed by atoms with E-state index in [-0.39, 0.29) is 23.4 Å². The zero-order chi connectivity index (χ0) is 17.3. The highest BCUT2D eigenvalue weighted by Crippen LogP contribution is 2.33. The smallest absolute Gasteiger partial charge is 0.302 e. The molecule has 0 N–H and O–H groups in total. The number of methoxy groups -OCH3 is 2. The third-order valence-corrected chi connectivity index (χ3v) is 3.86. The third-order valence-electron chi connectivity index (χ3n) is 3.86. The van der Waals surface area contributed by atoms with Gasteiger partial charge in [0, 0.05) is 6.07 Å². The minimum atomic E-state index is -0.861. The molecule has 0 bridgehead atoms. The Morgan fingerprint density at radius 1 is 0.917 bits per heavy atom. The molecule has 0 saturated carbocycles. The second-order valence-corrected chi connectivity index (χ2v) is 5.26. The number of carbonyl (C=O) groups excluding carboxylic acids is 3. The molecule has 122 valence electrons. The number of hydrogen-bond donors (Lipinski definition) is 0. The molecule has 0 atom stereocenters. The molecule has 1 aliphatic heterocycles. The van der Waals surface area contributed by atoms with Crippen molar-refractivity contribution in [2.75, 3.05) is 14.2 Å². The standard InChI is InChI=1S/C18H15NO5/c1-23-12-8-13-15(14(9-12)24-2)16(20)18(22)19(17(13)21)10-11-6-4-3-5-7-11/h3-9H,10H2,1-2H3. The van der Waals surface area contributed by atoms with Crippen LogP contribution in [-0.2, 0) is 11.3 Å². The molecule has 0 aromatic heterocycles. The van der Waals surface area contributed by atoms with Crippen LogP contribution in [0.15, 0.2) is 42.5 Å². The summed E-state index contributed by atoms with van der Waals surface area (Å²) in [5.41, 5.74) is 0.842. The van der Waals surface area contributed by atoms with Crippen molar-refractivity contribution in [3.8, 4) is 11.5 Å². The van der Waals surface area contributed by atoms with Crippen LogP contribution in [0.4, 0.5) is 0 Å². The van der Waals surface area contributed by atoms with Crippen molar-refractivity contribution in [2.45, 2.75) is 6.54 Å². The second kappa shape index (κ2) is 6.16. The van der Waals surface area contributed by atoms with Crippen molar-refractivity contribution in [3.05, 3.63) is 59.2 Å². The molecule has 6 heteroatoms. The predicted octanol–water partition coefficient (Wildman–Crippen LogP) is 2.07. The Bertz CT molecular complexity index is 829. The molecule has 1 heterocycles. The minimum Gasteiger partial charge on any atom is -0.497 e. The quantitative estimate of drug-likeness (QED) is 0.635. The maximum absolute atomic E-state index is 12.8. The first kappa shape index (κ1) is 15.7. The number of ketones is 1. The highest BCUT2D eigenvalue weighted by molar-refractivity contribution is 6.49. The van der Waals surface area contributed by atoms with E-state index in [1.54, 1.807) is 24.3 Å². The maximum Gasteiger partial charge on any atom is 0.302 e. The van der Waals surface area contributed by atoms with Crippen LogP contribution in [0.3, 0.4) is 0 Å². The van der Waals surface area contributed by atoms with Gasteiger partial charge < -0.3 is 9.47 Å². The molecule has 1 aliphatic rings. The van der Waals surface area contributed by atoms with Gasteiger partial charge in [0.25, 0.3) is 11.7 Å². The lowest BCUT2D eigenvalue weighted by Crippen LogP contribution is -2.45. The first-order chi connectivity index (χ1) is 11.6. The largest absolute Gasteiger partial charge is 0.497 e. The summed E-state index contributed by atoms with van der Waals surface area (Å²) in [5, 5.41) is 0. The van der Waals surface area contributed by atoms with Gasteiger partial charge in [0.15, 0.2) is 0 Å². The molecule has 24 heavy (non-hydrogen) atoms. The number of benzene rings is 2. The summed E-state index contributed by atoms with van der Waals surface area (Å²) in [5.74, 6) is -1.65. The fraction of sp³-hybridized carbons (Fsp3) is 0.167. The molecule has 3 rings (SSSR count). The Morgan fingerprint density at radius 2 is 1.62 bits per heavy atom. The Morgan fingerprint density at radius 3 is 2.25 bits per heavy atom. The summed E-state index contributed by atoms with van der Waals surface area (Å²) in [4.78, 5) is 38.6. The van der Waals surface area contributed by atoms with Gasteiger partial charge in [0.05, 0.1) is 31.9 Å². The summed E-state index contributed by atoms with van der Waals surface area (Å²) < 4.78 is 10.3. The number of carbonyl (C=O) groups is 3. The Labute approximate surface area is 138 Å². The van der Waals surface area contributed by atoms with E-state index in [0.29, 0.717) is 5.75 Å². The summed E-state index contributed by atoms with van der Waals surface area (Å²) in [6, 6.07) is 11.9. The molecule has 0 aliphatic carbocycles. The molecule has 0 radical (unpaired) electrons. The van der Waals surface area contributed by atoms with Gasteiger partial charge >= 0.3 is 5.91 Å². The number of fused-ring (bicyclic) bond motifs is 1. The maximum atomic E-state index is 12.8. The zero-order valence-corrected chi connectivity index (χ0v) is 13.2. The van der Waals surface area contributed by atoms with Crippen LogP contribution in [0.25, 0.3) is 0 Å². The predicted molar refractivity (Wildman–Crippen MR) is 85.2 cm³/mol. The summed E-state index contributed by atoms with van der Waals surface area (Å²) >= 11 is 0. The highest BCUT2D eigenvalue weighted by atomic mass is 16.5. The minimum absolute atomic E-state index is 0.0161. The fourth-order valence-electron chi connectivity index (χ4n) is 2.65. The number of hydrogen-bond acceptors (Lipinski definition) is 5. The van der Waals surface area contributed by atoms with Crippen LogP contribution < -0.4 is 9.47 Å². The van der Waals surface area contributed by atoms with Crippen molar-refractivity contribution in [2.24, 2.45) is 0 Å². The fourth-order valence-corrected chi connectivity index (χ4v) is 2.65. The van der Waals surface area contributed by atoms with Gasteiger partial charge in [0.2, 0.25) is 0 Å². The van der Waals surface area contributed by atoms with Gasteiger partial charge in [-0.1, -0.05) is 30.3 Å². The van der Waals surface area contributed by atoms with E-state index in [1.165, 1.54) is 26.4 Å². The first-order valence-corrected chi connectivity index (χ1v) is 7.27. The zero-order valence-electron chi connectivity index (χ0n) is 13.2. The average Bonchev–Trinajstić information content (AvgIpc) is 2.63. The van der Waals surface area contributed by atoms with Gasteiger partial charge in [-0.05, 0) is 11.6 Å². The van der Waals surface area contributed by atoms with Crippen molar-refractivity contribution >= 4 is 17.6 Å². The Hall–Kier alpha value is -3.15. The number of imide groups is 1. The van der Waals surface area contributed by atoms with Gasteiger partial charge in [-0.25, -0.2) is 0 Å². The number of rotatable bonds is 4. The average molecular weight is 325 g/mol. The molecule has 0 saturated heterocycles. The van der Waals surface area contributed by atoms with Crippen LogP contribution in [-0.4, -0.2) is 36.7 Å². The van der Waals surface area contributed by atoms with E-state index in [9.17, 15) is 14.4 Å². The molecule has 0 unspecified atom stereocenters. The SMILES string of the molecule is COc1cc(OC)c2c(c1)C(=O)N(Cc1ccccc1)C(=O)C2=O. The normalized spacial score (nSPS) is 13.8. The monoisotopic (exact) mass is 325 g/mol. The molecular weight excluding hydrogens is 310 g/mol. The third kappa shape index (κ3) is 2.52. The van der Waals surface area contributed by atoms with Crippen LogP contribution in [0.2, 0.25) is 0 Å². The topological polar surface area (TPSA) is 72.9 Å². The first-order valence-electron chi connectivity index (χ1n) is 7.27. The lowest BCUT2D eigenvalue weighted by molar-refractivity contribution is -0.124. The molecule has 0 fully saturated rings. The number of amides is 2. The molecule has 6 nitrogen and oxygen atoms in total. The second-order valence-electron chi connectivity index (χ2n) is 5.26. The Kier molecular flexibility index (Phi) is 4.04. The van der Waals surface area contributed by atoms with Gasteiger partial charge in [-0.15, -0.1) is 0 Å². The molecule has 2 amide bonds. The molecule has 2 aromatic rings. The van der Waals surface area contributed by atoms with Crippen LogP contribution in [0.5, 0.6) is 11.5 Å². The lowest BCUT2D eigenvalue weighted by Gasteiger charge is -2.27. The van der Waals surface area contributed by atoms with Gasteiger partial charge in [-0.3, -0.25) is 19.3 Å². The molecular formula is C18H15NO5. The van der Waals surface area contributed by atoms with Crippen molar-refractivity contribution < 1.29 is 23.9 Å². The van der Waals surface area contributed by atoms with Crippen molar-refractivity contribution in [1.29, 1.82) is 0 Å². The Balaban J connectivity index is 2.08. The van der Waals surface area contributed by atoms with E-state index in [0.717, 1.165) is 10.5 Å². The van der Waals surface area contributed by atoms with Crippen LogP contribution in [0.1, 0.15) is 26.3 Å². The molecule has 2 aromatic carbocycles. The van der Waals surface area contributed by atoms with E-state index < -0.39 is 17.6 Å². The number of nitrogens with zero attached hydrogens (tertiary/aromatic N) is 1.